The summed E-state index contributed by atoms with van der Waals surface area (Å²) in [5.74, 6) is 0. The first-order valence-electron chi connectivity index (χ1n) is 6.12. The molecule has 2 nitrogen and oxygen atoms in total. The monoisotopic (exact) mass is 238 g/mol. The molecule has 2 heteroatoms. The Hall–Kier alpha value is -2.09. The van der Waals surface area contributed by atoms with Gasteiger partial charge in [-0.05, 0) is 25.0 Å². The third-order valence-electron chi connectivity index (χ3n) is 2.92. The fourth-order valence-corrected chi connectivity index (χ4v) is 2.05. The summed E-state index contributed by atoms with van der Waals surface area (Å²) in [4.78, 5) is 4.49. The number of nitrogens with zero attached hydrogens (tertiary/aromatic N) is 2. The van der Waals surface area contributed by atoms with Crippen LogP contribution in [0.3, 0.4) is 0 Å². The van der Waals surface area contributed by atoms with Crippen LogP contribution in [0.25, 0.3) is 16.6 Å². The fourth-order valence-electron chi connectivity index (χ4n) is 2.05. The summed E-state index contributed by atoms with van der Waals surface area (Å²) >= 11 is 0. The van der Waals surface area contributed by atoms with Gasteiger partial charge in [-0.15, -0.1) is 6.58 Å². The van der Waals surface area contributed by atoms with Crippen LogP contribution in [-0.2, 0) is 7.05 Å². The minimum absolute atomic E-state index is 0.864. The third kappa shape index (κ3) is 2.28. The molecule has 0 saturated carbocycles. The molecular formula is C16H18N2. The molecule has 0 unspecified atom stereocenters. The number of benzene rings is 1. The molecule has 0 radical (unpaired) electrons. The second-order valence-corrected chi connectivity index (χ2v) is 4.21. The van der Waals surface area contributed by atoms with Crippen molar-refractivity contribution < 1.29 is 0 Å². The maximum absolute atomic E-state index is 4.49. The van der Waals surface area contributed by atoms with Crippen molar-refractivity contribution >= 4 is 16.6 Å². The molecule has 1 aromatic carbocycles. The van der Waals surface area contributed by atoms with Crippen LogP contribution in [0.4, 0.5) is 0 Å². The number of para-hydroxylation sites is 1. The van der Waals surface area contributed by atoms with Crippen LogP contribution < -0.4 is 0 Å². The lowest BCUT2D eigenvalue weighted by Crippen LogP contribution is -1.87. The lowest BCUT2D eigenvalue weighted by molar-refractivity contribution is 0.948. The van der Waals surface area contributed by atoms with E-state index < -0.39 is 0 Å². The summed E-state index contributed by atoms with van der Waals surface area (Å²) in [6, 6.07) is 6.28. The summed E-state index contributed by atoms with van der Waals surface area (Å²) in [6.07, 6.45) is 11.0. The molecule has 2 rings (SSSR count). The summed E-state index contributed by atoms with van der Waals surface area (Å²) in [7, 11) is 2.02. The first kappa shape index (κ1) is 12.4. The van der Waals surface area contributed by atoms with E-state index in [-0.39, 0.29) is 0 Å². The quantitative estimate of drug-likeness (QED) is 0.579. The van der Waals surface area contributed by atoms with E-state index in [4.69, 9.17) is 0 Å². The van der Waals surface area contributed by atoms with Gasteiger partial charge < -0.3 is 4.57 Å². The highest BCUT2D eigenvalue weighted by Crippen LogP contribution is 2.25. The van der Waals surface area contributed by atoms with Gasteiger partial charge in [-0.2, -0.15) is 0 Å². The van der Waals surface area contributed by atoms with E-state index >= 15 is 0 Å². The molecule has 0 aliphatic heterocycles. The lowest BCUT2D eigenvalue weighted by Gasteiger charge is -2.04. The maximum Gasteiger partial charge on any atom is 0.0962 e. The zero-order valence-electron chi connectivity index (χ0n) is 10.9. The standard InChI is InChI=1S/C16H18N2/c1-4-6-9-13(8-5-2)14-10-7-11-15-16(14)17-12-18(15)3/h4-5,7-12H,1,6H2,2-3H3/b8-5-,13-9+. The van der Waals surface area contributed by atoms with Gasteiger partial charge in [-0.3, -0.25) is 0 Å². The van der Waals surface area contributed by atoms with Gasteiger partial charge in [-0.25, -0.2) is 4.98 Å². The van der Waals surface area contributed by atoms with Crippen molar-refractivity contribution in [3.05, 3.63) is 61.0 Å². The van der Waals surface area contributed by atoms with E-state index in [1.165, 1.54) is 11.1 Å². The van der Waals surface area contributed by atoms with Crippen molar-refractivity contribution in [2.75, 3.05) is 0 Å². The van der Waals surface area contributed by atoms with Crippen molar-refractivity contribution in [3.8, 4) is 0 Å². The van der Waals surface area contributed by atoms with Crippen molar-refractivity contribution in [2.45, 2.75) is 13.3 Å². The van der Waals surface area contributed by atoms with Gasteiger partial charge in [0.25, 0.3) is 0 Å². The van der Waals surface area contributed by atoms with Crippen molar-refractivity contribution in [2.24, 2.45) is 7.05 Å². The molecule has 0 amide bonds. The lowest BCUT2D eigenvalue weighted by atomic mass is 10.0. The highest BCUT2D eigenvalue weighted by atomic mass is 15.0. The molecule has 1 heterocycles. The van der Waals surface area contributed by atoms with E-state index in [0.29, 0.717) is 0 Å². The van der Waals surface area contributed by atoms with Gasteiger partial charge in [0.05, 0.1) is 17.4 Å². The Morgan fingerprint density at radius 1 is 1.44 bits per heavy atom. The Labute approximate surface area is 108 Å². The number of aryl methyl sites for hydroxylation is 1. The number of hydrogen-bond acceptors (Lipinski definition) is 1. The summed E-state index contributed by atoms with van der Waals surface area (Å²) in [5, 5.41) is 0. The van der Waals surface area contributed by atoms with E-state index in [1.807, 2.05) is 30.9 Å². The van der Waals surface area contributed by atoms with Crippen molar-refractivity contribution in [1.29, 1.82) is 0 Å². The number of rotatable bonds is 4. The highest BCUT2D eigenvalue weighted by molar-refractivity contribution is 5.92. The summed E-state index contributed by atoms with van der Waals surface area (Å²) in [5.41, 5.74) is 4.57. The van der Waals surface area contributed by atoms with Crippen LogP contribution in [0, 0.1) is 0 Å². The SMILES string of the molecule is C=CC/C=C(\C=C/C)c1cccc2c1ncn2C. The minimum atomic E-state index is 0.864. The van der Waals surface area contributed by atoms with E-state index in [0.717, 1.165) is 17.5 Å². The second kappa shape index (κ2) is 5.50. The van der Waals surface area contributed by atoms with Gasteiger partial charge >= 0.3 is 0 Å². The van der Waals surface area contributed by atoms with Crippen LogP contribution in [0.5, 0.6) is 0 Å². The Morgan fingerprint density at radius 2 is 2.28 bits per heavy atom. The normalized spacial score (nSPS) is 12.4. The topological polar surface area (TPSA) is 17.8 Å². The fraction of sp³-hybridized carbons (Fsp3) is 0.188. The number of imidazole rings is 1. The summed E-state index contributed by atoms with van der Waals surface area (Å²) < 4.78 is 2.04. The molecule has 0 spiro atoms. The number of hydrogen-bond donors (Lipinski definition) is 0. The van der Waals surface area contributed by atoms with Gasteiger partial charge in [0.15, 0.2) is 0 Å². The van der Waals surface area contributed by atoms with Gasteiger partial charge in [-0.1, -0.05) is 36.4 Å². The largest absolute Gasteiger partial charge is 0.334 e. The maximum atomic E-state index is 4.49. The first-order chi connectivity index (χ1) is 8.77. The smallest absolute Gasteiger partial charge is 0.0962 e. The predicted octanol–water partition coefficient (Wildman–Crippen LogP) is 4.11. The van der Waals surface area contributed by atoms with Crippen LogP contribution in [0.15, 0.2) is 55.4 Å². The van der Waals surface area contributed by atoms with Crippen LogP contribution >= 0.6 is 0 Å². The Morgan fingerprint density at radius 3 is 3.00 bits per heavy atom. The number of fused-ring (bicyclic) bond motifs is 1. The second-order valence-electron chi connectivity index (χ2n) is 4.21. The highest BCUT2D eigenvalue weighted by Gasteiger charge is 2.07. The number of allylic oxidation sites excluding steroid dienone is 5. The molecule has 2 aromatic rings. The molecular weight excluding hydrogens is 220 g/mol. The first-order valence-corrected chi connectivity index (χ1v) is 6.12. The molecule has 0 bridgehead atoms. The van der Waals surface area contributed by atoms with Crippen molar-refractivity contribution in [1.82, 2.24) is 9.55 Å². The zero-order valence-corrected chi connectivity index (χ0v) is 10.9. The van der Waals surface area contributed by atoms with Crippen molar-refractivity contribution in [3.63, 3.8) is 0 Å². The molecule has 18 heavy (non-hydrogen) atoms. The number of aromatic nitrogens is 2. The van der Waals surface area contributed by atoms with Gasteiger partial charge in [0.1, 0.15) is 0 Å². The van der Waals surface area contributed by atoms with E-state index in [2.05, 4.69) is 48.0 Å². The third-order valence-corrected chi connectivity index (χ3v) is 2.92. The Bertz CT molecular complexity index is 615. The van der Waals surface area contributed by atoms with Gasteiger partial charge in [0.2, 0.25) is 0 Å². The van der Waals surface area contributed by atoms with E-state index in [1.54, 1.807) is 0 Å². The molecule has 0 aliphatic rings. The zero-order chi connectivity index (χ0) is 13.0. The molecule has 0 saturated heterocycles. The summed E-state index contributed by atoms with van der Waals surface area (Å²) in [6.45, 7) is 5.79. The van der Waals surface area contributed by atoms with Crippen LogP contribution in [-0.4, -0.2) is 9.55 Å². The molecule has 1 aromatic heterocycles. The average molecular weight is 238 g/mol. The average Bonchev–Trinajstić information content (AvgIpc) is 2.77. The Kier molecular flexibility index (Phi) is 3.78. The molecule has 92 valence electrons. The Balaban J connectivity index is 2.60. The minimum Gasteiger partial charge on any atom is -0.334 e. The van der Waals surface area contributed by atoms with E-state index in [9.17, 15) is 0 Å². The molecule has 0 aliphatic carbocycles. The van der Waals surface area contributed by atoms with Gasteiger partial charge in [0, 0.05) is 12.6 Å². The molecule has 0 fully saturated rings. The van der Waals surface area contributed by atoms with Crippen LogP contribution in [0.1, 0.15) is 18.9 Å². The molecule has 0 atom stereocenters. The molecule has 0 N–H and O–H groups in total. The predicted molar refractivity (Wildman–Crippen MR) is 78.3 cm³/mol. The van der Waals surface area contributed by atoms with Crippen LogP contribution in [0.2, 0.25) is 0 Å².